The van der Waals surface area contributed by atoms with Crippen LogP contribution in [-0.2, 0) is 22.4 Å². The van der Waals surface area contributed by atoms with E-state index in [0.717, 1.165) is 52.8 Å². The Balaban J connectivity index is 1.52. The van der Waals surface area contributed by atoms with Crippen LogP contribution < -0.4 is 5.56 Å². The predicted octanol–water partition coefficient (Wildman–Crippen LogP) is 4.28. The van der Waals surface area contributed by atoms with Gasteiger partial charge < -0.3 is 4.74 Å². The minimum absolute atomic E-state index is 0.0290. The first-order chi connectivity index (χ1) is 18.0. The van der Waals surface area contributed by atoms with Crippen LogP contribution in [0.1, 0.15) is 55.6 Å². The van der Waals surface area contributed by atoms with Gasteiger partial charge in [-0.05, 0) is 46.9 Å². The van der Waals surface area contributed by atoms with Crippen molar-refractivity contribution in [3.63, 3.8) is 0 Å². The van der Waals surface area contributed by atoms with Gasteiger partial charge in [-0.3, -0.25) is 9.48 Å². The van der Waals surface area contributed by atoms with Crippen LogP contribution in [0.3, 0.4) is 0 Å². The zero-order chi connectivity index (χ0) is 25.9. The summed E-state index contributed by atoms with van der Waals surface area (Å²) in [7, 11) is 1.35. The molecule has 0 radical (unpaired) electrons. The summed E-state index contributed by atoms with van der Waals surface area (Å²) in [5, 5.41) is 14.3. The molecule has 0 fully saturated rings. The summed E-state index contributed by atoms with van der Waals surface area (Å²) in [6.45, 7) is 4.17. The Morgan fingerprint density at radius 1 is 1.05 bits per heavy atom. The summed E-state index contributed by atoms with van der Waals surface area (Å²) in [6.07, 6.45) is 6.97. The highest BCUT2D eigenvalue weighted by Crippen LogP contribution is 2.31. The Labute approximate surface area is 214 Å². The smallest absolute Gasteiger partial charge is 0.334 e. The molecule has 4 aromatic rings. The molecule has 2 atom stereocenters. The molecule has 0 saturated carbocycles. The first-order valence-corrected chi connectivity index (χ1v) is 12.6. The number of aromatic amines is 1. The van der Waals surface area contributed by atoms with Gasteiger partial charge in [0.05, 0.1) is 13.2 Å². The average molecular weight is 499 g/mol. The molecule has 5 rings (SSSR count). The number of nitrogens with zero attached hydrogens (tertiary/aromatic N) is 5. The number of ether oxygens (including phenoxy) is 1. The lowest BCUT2D eigenvalue weighted by Crippen LogP contribution is -2.36. The summed E-state index contributed by atoms with van der Waals surface area (Å²) >= 11 is 0. The van der Waals surface area contributed by atoms with Gasteiger partial charge in [0.15, 0.2) is 11.9 Å². The summed E-state index contributed by atoms with van der Waals surface area (Å²) in [5.41, 5.74) is 5.57. The summed E-state index contributed by atoms with van der Waals surface area (Å²) < 4.78 is 8.57. The molecular weight excluding hydrogens is 468 g/mol. The van der Waals surface area contributed by atoms with E-state index in [1.54, 1.807) is 10.8 Å². The molecule has 0 bridgehead atoms. The number of hydrogen-bond acceptors (Lipinski definition) is 6. The molecule has 1 aliphatic heterocycles. The van der Waals surface area contributed by atoms with Crippen molar-refractivity contribution in [1.82, 2.24) is 30.0 Å². The quantitative estimate of drug-likeness (QED) is 0.287. The number of fused-ring (bicyclic) bond motifs is 1. The Morgan fingerprint density at radius 3 is 2.49 bits per heavy atom. The normalized spacial score (nSPS) is 16.5. The zero-order valence-corrected chi connectivity index (χ0v) is 21.2. The van der Waals surface area contributed by atoms with Crippen LogP contribution in [0.25, 0.3) is 22.5 Å². The maximum atomic E-state index is 13.7. The van der Waals surface area contributed by atoms with Gasteiger partial charge >= 0.3 is 5.97 Å². The van der Waals surface area contributed by atoms with E-state index in [9.17, 15) is 9.59 Å². The molecule has 1 N–H and O–H groups in total. The van der Waals surface area contributed by atoms with Crippen molar-refractivity contribution >= 4 is 5.97 Å². The number of rotatable bonds is 8. The zero-order valence-electron chi connectivity index (χ0n) is 21.2. The number of H-pyrrole nitrogens is 1. The molecule has 0 saturated heterocycles. The van der Waals surface area contributed by atoms with E-state index in [1.807, 2.05) is 41.9 Å². The second-order valence-electron chi connectivity index (χ2n) is 9.29. The second-order valence-corrected chi connectivity index (χ2v) is 9.29. The van der Waals surface area contributed by atoms with Gasteiger partial charge in [-0.1, -0.05) is 74.0 Å². The van der Waals surface area contributed by atoms with E-state index in [-0.39, 0.29) is 11.6 Å². The Kier molecular flexibility index (Phi) is 6.85. The van der Waals surface area contributed by atoms with Gasteiger partial charge in [-0.25, -0.2) is 14.6 Å². The third-order valence-electron chi connectivity index (χ3n) is 6.93. The standard InChI is InChI=1S/C28H30N6O3/c1-4-5-10-24-23(27(35)34-25(28(36)37-3)16-11-18(2)33(24)34)17-19-12-14-20(15-13-19)21-8-6-7-9-22(21)26-29-31-32-30-26/h6-9,11-16,18,25H,4-5,10,17H2,1-3H3,(H,29,30,31,32). The van der Waals surface area contributed by atoms with Crippen molar-refractivity contribution < 1.29 is 9.53 Å². The molecule has 3 heterocycles. The van der Waals surface area contributed by atoms with Gasteiger partial charge in [-0.15, -0.1) is 5.10 Å². The Hall–Kier alpha value is -4.27. The number of nitrogens with one attached hydrogen (secondary N) is 1. The number of aromatic nitrogens is 6. The topological polar surface area (TPSA) is 108 Å². The first kappa shape index (κ1) is 24.4. The fourth-order valence-electron chi connectivity index (χ4n) is 5.07. The predicted molar refractivity (Wildman–Crippen MR) is 140 cm³/mol. The third-order valence-corrected chi connectivity index (χ3v) is 6.93. The van der Waals surface area contributed by atoms with Gasteiger partial charge in [0, 0.05) is 23.2 Å². The fourth-order valence-corrected chi connectivity index (χ4v) is 5.07. The SMILES string of the molecule is CCCCc1c(Cc2ccc(-c3ccccc3-c3nnn[nH]3)cc2)c(=O)n2n1C(C)C=CC2C(=O)OC. The van der Waals surface area contributed by atoms with Crippen LogP contribution in [0.2, 0.25) is 0 Å². The number of carbonyl (C=O) groups is 1. The molecule has 2 unspecified atom stereocenters. The molecule has 1 aliphatic rings. The van der Waals surface area contributed by atoms with Crippen LogP contribution in [0, 0.1) is 0 Å². The van der Waals surface area contributed by atoms with Crippen LogP contribution in [-0.4, -0.2) is 43.1 Å². The van der Waals surface area contributed by atoms with E-state index >= 15 is 0 Å². The highest BCUT2D eigenvalue weighted by Gasteiger charge is 2.32. The van der Waals surface area contributed by atoms with E-state index in [1.165, 1.54) is 7.11 Å². The van der Waals surface area contributed by atoms with Crippen LogP contribution in [0.5, 0.6) is 0 Å². The van der Waals surface area contributed by atoms with Crippen molar-refractivity contribution in [3.8, 4) is 22.5 Å². The van der Waals surface area contributed by atoms with E-state index in [4.69, 9.17) is 4.74 Å². The van der Waals surface area contributed by atoms with Crippen molar-refractivity contribution in [1.29, 1.82) is 0 Å². The van der Waals surface area contributed by atoms with Crippen LogP contribution >= 0.6 is 0 Å². The maximum absolute atomic E-state index is 13.7. The Morgan fingerprint density at radius 2 is 1.81 bits per heavy atom. The van der Waals surface area contributed by atoms with Gasteiger partial charge in [0.1, 0.15) is 0 Å². The maximum Gasteiger partial charge on any atom is 0.334 e. The number of tetrazole rings is 1. The molecule has 37 heavy (non-hydrogen) atoms. The fraction of sp³-hybridized carbons (Fsp3) is 0.321. The third kappa shape index (κ3) is 4.52. The van der Waals surface area contributed by atoms with Crippen molar-refractivity contribution in [2.45, 2.75) is 51.6 Å². The van der Waals surface area contributed by atoms with Crippen molar-refractivity contribution in [2.24, 2.45) is 0 Å². The monoisotopic (exact) mass is 498 g/mol. The molecule has 0 spiro atoms. The number of allylic oxidation sites excluding steroid dienone is 1. The lowest BCUT2D eigenvalue weighted by atomic mass is 9.96. The van der Waals surface area contributed by atoms with Gasteiger partial charge in [0.2, 0.25) is 0 Å². The molecule has 9 nitrogen and oxygen atoms in total. The summed E-state index contributed by atoms with van der Waals surface area (Å²) in [5.74, 6) is 0.165. The average Bonchev–Trinajstić information content (AvgIpc) is 3.56. The highest BCUT2D eigenvalue weighted by molar-refractivity contribution is 5.80. The molecular formula is C28H30N6O3. The summed E-state index contributed by atoms with van der Waals surface area (Å²) in [6, 6.07) is 15.4. The van der Waals surface area contributed by atoms with E-state index < -0.39 is 12.0 Å². The van der Waals surface area contributed by atoms with E-state index in [2.05, 4.69) is 51.8 Å². The molecule has 0 aliphatic carbocycles. The number of esters is 1. The lowest BCUT2D eigenvalue weighted by Gasteiger charge is -2.26. The molecule has 9 heteroatoms. The van der Waals surface area contributed by atoms with E-state index in [0.29, 0.717) is 12.2 Å². The minimum Gasteiger partial charge on any atom is -0.467 e. The lowest BCUT2D eigenvalue weighted by molar-refractivity contribution is -0.143. The Bertz CT molecular complexity index is 1480. The number of hydrogen-bond donors (Lipinski definition) is 1. The highest BCUT2D eigenvalue weighted by atomic mass is 16.5. The second kappa shape index (κ2) is 10.4. The van der Waals surface area contributed by atoms with Crippen LogP contribution in [0.4, 0.5) is 0 Å². The number of unbranched alkanes of at least 4 members (excludes halogenated alkanes) is 1. The van der Waals surface area contributed by atoms with Crippen molar-refractivity contribution in [3.05, 3.63) is 87.9 Å². The number of carbonyl (C=O) groups excluding carboxylic acids is 1. The molecule has 2 aromatic heterocycles. The van der Waals surface area contributed by atoms with Gasteiger partial charge in [-0.2, -0.15) is 0 Å². The number of methoxy groups -OCH3 is 1. The molecule has 2 aromatic carbocycles. The molecule has 190 valence electrons. The summed E-state index contributed by atoms with van der Waals surface area (Å²) in [4.78, 5) is 26.2. The largest absolute Gasteiger partial charge is 0.467 e. The molecule has 0 amide bonds. The van der Waals surface area contributed by atoms with Crippen LogP contribution in [0.15, 0.2) is 65.5 Å². The first-order valence-electron chi connectivity index (χ1n) is 12.6. The number of benzene rings is 2. The minimum atomic E-state index is -0.757. The van der Waals surface area contributed by atoms with Crippen molar-refractivity contribution in [2.75, 3.05) is 7.11 Å². The van der Waals surface area contributed by atoms with Gasteiger partial charge in [0.25, 0.3) is 5.56 Å².